The summed E-state index contributed by atoms with van der Waals surface area (Å²) >= 11 is 6.40. The van der Waals surface area contributed by atoms with Gasteiger partial charge in [0, 0.05) is 24.1 Å². The average Bonchev–Trinajstić information content (AvgIpc) is 2.89. The van der Waals surface area contributed by atoms with Gasteiger partial charge in [0.2, 0.25) is 5.88 Å². The number of halogens is 1. The summed E-state index contributed by atoms with van der Waals surface area (Å²) in [5.74, 6) is 0.506. The molecule has 3 rings (SSSR count). The number of aromatic nitrogens is 4. The van der Waals surface area contributed by atoms with E-state index in [4.69, 9.17) is 21.1 Å². The Labute approximate surface area is 132 Å². The molecule has 0 fully saturated rings. The molecule has 0 aliphatic carbocycles. The van der Waals surface area contributed by atoms with Crippen LogP contribution in [-0.2, 0) is 11.3 Å². The average molecular weight is 319 g/mol. The van der Waals surface area contributed by atoms with Crippen LogP contribution in [0.2, 0.25) is 5.15 Å². The summed E-state index contributed by atoms with van der Waals surface area (Å²) in [5, 5.41) is 6.06. The van der Waals surface area contributed by atoms with Crippen molar-refractivity contribution in [3.63, 3.8) is 0 Å². The summed E-state index contributed by atoms with van der Waals surface area (Å²) in [4.78, 5) is 8.33. The molecule has 0 saturated heterocycles. The Morgan fingerprint density at radius 3 is 2.86 bits per heavy atom. The molecule has 0 amide bonds. The zero-order valence-corrected chi connectivity index (χ0v) is 13.0. The number of nitrogens with zero attached hydrogens (tertiary/aromatic N) is 4. The molecule has 0 saturated carbocycles. The lowest BCUT2D eigenvalue weighted by atomic mass is 10.1. The molecule has 2 aromatic heterocycles. The van der Waals surface area contributed by atoms with Crippen molar-refractivity contribution in [1.29, 1.82) is 0 Å². The first-order valence-corrected chi connectivity index (χ1v) is 7.12. The lowest BCUT2D eigenvalue weighted by molar-refractivity contribution is 0.184. The van der Waals surface area contributed by atoms with Crippen LogP contribution in [0.25, 0.3) is 22.2 Å². The van der Waals surface area contributed by atoms with Crippen molar-refractivity contribution < 1.29 is 9.47 Å². The van der Waals surface area contributed by atoms with Gasteiger partial charge >= 0.3 is 0 Å². The van der Waals surface area contributed by atoms with Crippen LogP contribution in [-0.4, -0.2) is 40.6 Å². The van der Waals surface area contributed by atoms with E-state index in [0.717, 1.165) is 22.2 Å². The maximum atomic E-state index is 6.40. The predicted molar refractivity (Wildman–Crippen MR) is 84.2 cm³/mol. The van der Waals surface area contributed by atoms with Crippen molar-refractivity contribution >= 4 is 22.5 Å². The Kier molecular flexibility index (Phi) is 4.22. The number of hydrogen-bond donors (Lipinski definition) is 0. The van der Waals surface area contributed by atoms with E-state index in [1.165, 1.54) is 6.33 Å². The third kappa shape index (κ3) is 2.63. The van der Waals surface area contributed by atoms with E-state index in [2.05, 4.69) is 15.1 Å². The molecule has 7 heteroatoms. The fourth-order valence-electron chi connectivity index (χ4n) is 2.25. The van der Waals surface area contributed by atoms with Crippen molar-refractivity contribution in [2.45, 2.75) is 6.54 Å². The summed E-state index contributed by atoms with van der Waals surface area (Å²) in [6.07, 6.45) is 1.47. The zero-order chi connectivity index (χ0) is 15.5. The Bertz CT molecular complexity index is 803. The van der Waals surface area contributed by atoms with Gasteiger partial charge < -0.3 is 9.47 Å². The van der Waals surface area contributed by atoms with E-state index in [1.54, 1.807) is 25.0 Å². The molecule has 0 unspecified atom stereocenters. The molecule has 0 spiro atoms. The molecular formula is C15H15ClN4O2. The maximum Gasteiger partial charge on any atom is 0.216 e. The molecule has 0 bridgehead atoms. The van der Waals surface area contributed by atoms with Crippen molar-refractivity contribution in [2.75, 3.05) is 20.8 Å². The smallest absolute Gasteiger partial charge is 0.216 e. The minimum Gasteiger partial charge on any atom is -0.481 e. The molecule has 1 aromatic carbocycles. The lowest BCUT2D eigenvalue weighted by Gasteiger charge is -2.03. The number of benzene rings is 1. The molecule has 2 heterocycles. The van der Waals surface area contributed by atoms with E-state index in [-0.39, 0.29) is 0 Å². The lowest BCUT2D eigenvalue weighted by Crippen LogP contribution is -2.05. The first kappa shape index (κ1) is 14.7. The summed E-state index contributed by atoms with van der Waals surface area (Å²) in [5.41, 5.74) is 2.42. The fraction of sp³-hybridized carbons (Fsp3) is 0.267. The third-order valence-electron chi connectivity index (χ3n) is 3.34. The van der Waals surface area contributed by atoms with Crippen LogP contribution < -0.4 is 4.74 Å². The highest BCUT2D eigenvalue weighted by Gasteiger charge is 2.14. The van der Waals surface area contributed by atoms with Crippen LogP contribution >= 0.6 is 11.6 Å². The second-order valence-corrected chi connectivity index (χ2v) is 5.01. The monoisotopic (exact) mass is 318 g/mol. The molecule has 0 N–H and O–H groups in total. The van der Waals surface area contributed by atoms with E-state index < -0.39 is 0 Å². The summed E-state index contributed by atoms with van der Waals surface area (Å²) in [6, 6.07) is 7.60. The summed E-state index contributed by atoms with van der Waals surface area (Å²) in [6.45, 7) is 1.14. The quantitative estimate of drug-likeness (QED) is 0.724. The van der Waals surface area contributed by atoms with Gasteiger partial charge in [0.15, 0.2) is 0 Å². The Morgan fingerprint density at radius 1 is 1.23 bits per heavy atom. The number of hydrogen-bond acceptors (Lipinski definition) is 5. The predicted octanol–water partition coefficient (Wildman–Crippen LogP) is 2.80. The second-order valence-electron chi connectivity index (χ2n) is 4.65. The first-order valence-electron chi connectivity index (χ1n) is 6.75. The number of methoxy groups -OCH3 is 2. The van der Waals surface area contributed by atoms with Gasteiger partial charge in [-0.2, -0.15) is 5.10 Å². The highest BCUT2D eigenvalue weighted by atomic mass is 35.5. The van der Waals surface area contributed by atoms with Gasteiger partial charge in [-0.15, -0.1) is 0 Å². The Hall–Kier alpha value is -2.18. The van der Waals surface area contributed by atoms with Crippen LogP contribution in [0, 0.1) is 0 Å². The van der Waals surface area contributed by atoms with Gasteiger partial charge in [-0.25, -0.2) is 9.97 Å². The molecule has 0 aliphatic rings. The molecule has 22 heavy (non-hydrogen) atoms. The van der Waals surface area contributed by atoms with Crippen LogP contribution in [0.4, 0.5) is 0 Å². The molecule has 3 aromatic rings. The Balaban J connectivity index is 2.13. The Morgan fingerprint density at radius 2 is 2.09 bits per heavy atom. The van der Waals surface area contributed by atoms with E-state index in [0.29, 0.717) is 24.2 Å². The van der Waals surface area contributed by atoms with Gasteiger partial charge in [-0.3, -0.25) is 4.68 Å². The van der Waals surface area contributed by atoms with Crippen molar-refractivity contribution in [2.24, 2.45) is 0 Å². The largest absolute Gasteiger partial charge is 0.481 e. The molecular weight excluding hydrogens is 304 g/mol. The first-order chi connectivity index (χ1) is 10.7. The number of fused-ring (bicyclic) bond motifs is 1. The van der Waals surface area contributed by atoms with E-state index >= 15 is 0 Å². The standard InChI is InChI=1S/C15H15ClN4O2/c1-21-7-6-20-15(16)11-5-3-4-10(14(11)19-20)12-8-13(22-2)18-9-17-12/h3-5,8-9H,6-7H2,1-2H3. The van der Waals surface area contributed by atoms with Crippen LogP contribution in [0.3, 0.4) is 0 Å². The second kappa shape index (κ2) is 6.29. The SMILES string of the molecule is COCCn1nc2c(-c3cc(OC)ncn3)cccc2c1Cl. The number of ether oxygens (including phenoxy) is 2. The van der Waals surface area contributed by atoms with Crippen molar-refractivity contribution in [3.8, 4) is 17.1 Å². The normalized spacial score (nSPS) is 11.0. The van der Waals surface area contributed by atoms with Gasteiger partial charge in [-0.1, -0.05) is 23.7 Å². The maximum absolute atomic E-state index is 6.40. The molecule has 114 valence electrons. The van der Waals surface area contributed by atoms with Gasteiger partial charge in [0.1, 0.15) is 17.0 Å². The van der Waals surface area contributed by atoms with E-state index in [1.807, 2.05) is 18.2 Å². The van der Waals surface area contributed by atoms with Crippen molar-refractivity contribution in [1.82, 2.24) is 19.7 Å². The highest BCUT2D eigenvalue weighted by Crippen LogP contribution is 2.31. The van der Waals surface area contributed by atoms with Gasteiger partial charge in [0.05, 0.1) is 26.0 Å². The van der Waals surface area contributed by atoms with Gasteiger partial charge in [-0.05, 0) is 6.07 Å². The van der Waals surface area contributed by atoms with E-state index in [9.17, 15) is 0 Å². The summed E-state index contributed by atoms with van der Waals surface area (Å²) in [7, 11) is 3.22. The minimum absolute atomic E-state index is 0.506. The molecule has 0 radical (unpaired) electrons. The fourth-order valence-corrected chi connectivity index (χ4v) is 2.53. The van der Waals surface area contributed by atoms with Gasteiger partial charge in [0.25, 0.3) is 0 Å². The number of rotatable bonds is 5. The summed E-state index contributed by atoms with van der Waals surface area (Å²) < 4.78 is 12.0. The van der Waals surface area contributed by atoms with Crippen LogP contribution in [0.5, 0.6) is 5.88 Å². The minimum atomic E-state index is 0.506. The zero-order valence-electron chi connectivity index (χ0n) is 12.3. The highest BCUT2D eigenvalue weighted by molar-refractivity contribution is 6.34. The van der Waals surface area contributed by atoms with Crippen molar-refractivity contribution in [3.05, 3.63) is 35.7 Å². The van der Waals surface area contributed by atoms with Crippen LogP contribution in [0.15, 0.2) is 30.6 Å². The molecule has 0 aliphatic heterocycles. The molecule has 6 nitrogen and oxygen atoms in total. The molecule has 0 atom stereocenters. The van der Waals surface area contributed by atoms with Crippen LogP contribution in [0.1, 0.15) is 0 Å². The third-order valence-corrected chi connectivity index (χ3v) is 3.74. The topological polar surface area (TPSA) is 62.1 Å².